The minimum absolute atomic E-state index is 0.199. The van der Waals surface area contributed by atoms with Gasteiger partial charge in [0.05, 0.1) is 20.1 Å². The van der Waals surface area contributed by atoms with E-state index in [9.17, 15) is 9.90 Å². The molecule has 2 atom stereocenters. The first-order valence-electron chi connectivity index (χ1n) is 11.9. The van der Waals surface area contributed by atoms with Crippen LogP contribution in [-0.2, 0) is 21.6 Å². The van der Waals surface area contributed by atoms with Crippen molar-refractivity contribution in [3.63, 3.8) is 0 Å². The molecule has 5 rings (SSSR count). The third-order valence-electron chi connectivity index (χ3n) is 7.22. The Morgan fingerprint density at radius 1 is 1.06 bits per heavy atom. The van der Waals surface area contributed by atoms with Gasteiger partial charge in [-0.05, 0) is 36.1 Å². The van der Waals surface area contributed by atoms with E-state index >= 15 is 0 Å². The lowest BCUT2D eigenvalue weighted by atomic mass is 9.91. The van der Waals surface area contributed by atoms with Crippen LogP contribution in [0.15, 0.2) is 72.9 Å². The summed E-state index contributed by atoms with van der Waals surface area (Å²) in [4.78, 5) is 17.9. The summed E-state index contributed by atoms with van der Waals surface area (Å²) >= 11 is 0. The van der Waals surface area contributed by atoms with Crippen molar-refractivity contribution < 1.29 is 19.1 Å². The minimum atomic E-state index is -1.76. The molecule has 0 amide bonds. The molecule has 0 saturated carbocycles. The van der Waals surface area contributed by atoms with Crippen LogP contribution in [-0.4, -0.2) is 53.3 Å². The van der Waals surface area contributed by atoms with Crippen molar-refractivity contribution in [1.82, 2.24) is 4.98 Å². The van der Waals surface area contributed by atoms with Crippen molar-refractivity contribution in [3.05, 3.63) is 89.7 Å². The Bertz CT molecular complexity index is 1100. The molecular formula is C28H31N2O3+. The third kappa shape index (κ3) is 4.07. The zero-order chi connectivity index (χ0) is 22.9. The Balaban J connectivity index is 1.29. The van der Waals surface area contributed by atoms with Gasteiger partial charge in [0.25, 0.3) is 0 Å². The van der Waals surface area contributed by atoms with Crippen molar-refractivity contribution in [1.29, 1.82) is 0 Å². The highest BCUT2D eigenvalue weighted by molar-refractivity contribution is 5.96. The fourth-order valence-electron chi connectivity index (χ4n) is 5.53. The number of aliphatic hydroxyl groups is 1. The van der Waals surface area contributed by atoms with Gasteiger partial charge in [0.1, 0.15) is 6.54 Å². The van der Waals surface area contributed by atoms with E-state index in [-0.39, 0.29) is 6.10 Å². The van der Waals surface area contributed by atoms with Gasteiger partial charge in [0, 0.05) is 35.9 Å². The molecule has 1 aliphatic carbocycles. The Labute approximate surface area is 195 Å². The number of aryl methyl sites for hydroxylation is 1. The van der Waals surface area contributed by atoms with E-state index in [0.29, 0.717) is 11.1 Å². The normalized spacial score (nSPS) is 22.9. The largest absolute Gasteiger partial charge is 0.454 e. The fourth-order valence-corrected chi connectivity index (χ4v) is 5.53. The van der Waals surface area contributed by atoms with Crippen molar-refractivity contribution >= 4 is 5.97 Å². The molecule has 3 aromatic rings. The standard InChI is InChI=1S/C28H31N2O3/c1-30(18-8-11-21-10-6-7-17-29-21)19-9-12-22(20-30)33-27(31)28(32)25-15-4-2-13-23(25)24-14-3-5-16-26(24)28/h2-7,10,13-17,22,32H,8-9,11-12,18-20H2,1H3/q+1/t22?,30-/m1/s1. The van der Waals surface area contributed by atoms with Crippen LogP contribution in [0.25, 0.3) is 11.1 Å². The van der Waals surface area contributed by atoms with E-state index < -0.39 is 11.6 Å². The molecule has 0 bridgehead atoms. The highest BCUT2D eigenvalue weighted by atomic mass is 16.6. The first-order chi connectivity index (χ1) is 16.0. The van der Waals surface area contributed by atoms with E-state index in [1.54, 1.807) is 0 Å². The summed E-state index contributed by atoms with van der Waals surface area (Å²) < 4.78 is 6.91. The van der Waals surface area contributed by atoms with Crippen molar-refractivity contribution in [2.45, 2.75) is 37.4 Å². The van der Waals surface area contributed by atoms with E-state index in [4.69, 9.17) is 4.74 Å². The van der Waals surface area contributed by atoms with Crippen LogP contribution >= 0.6 is 0 Å². The van der Waals surface area contributed by atoms with Crippen LogP contribution in [0, 0.1) is 0 Å². The average molecular weight is 444 g/mol. The minimum Gasteiger partial charge on any atom is -0.454 e. The number of nitrogens with zero attached hydrogens (tertiary/aromatic N) is 2. The van der Waals surface area contributed by atoms with Crippen LogP contribution in [0.3, 0.4) is 0 Å². The van der Waals surface area contributed by atoms with Gasteiger partial charge in [-0.25, -0.2) is 4.79 Å². The fraction of sp³-hybridized carbons (Fsp3) is 0.357. The summed E-state index contributed by atoms with van der Waals surface area (Å²) in [6.07, 6.45) is 5.47. The summed E-state index contributed by atoms with van der Waals surface area (Å²) in [5, 5.41) is 11.7. The zero-order valence-electron chi connectivity index (χ0n) is 19.1. The van der Waals surface area contributed by atoms with Gasteiger partial charge in [-0.2, -0.15) is 0 Å². The summed E-state index contributed by atoms with van der Waals surface area (Å²) in [5.74, 6) is -0.563. The third-order valence-corrected chi connectivity index (χ3v) is 7.22. The number of rotatable bonds is 6. The average Bonchev–Trinajstić information content (AvgIpc) is 3.10. The number of quaternary nitrogens is 1. The summed E-state index contributed by atoms with van der Waals surface area (Å²) in [6.45, 7) is 2.86. The second kappa shape index (κ2) is 8.73. The molecule has 5 nitrogen and oxygen atoms in total. The number of likely N-dealkylation sites (N-methyl/N-ethyl adjacent to an activating group) is 1. The number of fused-ring (bicyclic) bond motifs is 3. The topological polar surface area (TPSA) is 59.4 Å². The van der Waals surface area contributed by atoms with Crippen LogP contribution in [0.4, 0.5) is 0 Å². The van der Waals surface area contributed by atoms with Gasteiger partial charge in [-0.3, -0.25) is 4.98 Å². The maximum Gasteiger partial charge on any atom is 0.348 e. The number of carbonyl (C=O) groups excluding carboxylic acids is 1. The Morgan fingerprint density at radius 2 is 1.73 bits per heavy atom. The Morgan fingerprint density at radius 3 is 2.39 bits per heavy atom. The molecule has 5 heteroatoms. The molecule has 1 unspecified atom stereocenters. The lowest BCUT2D eigenvalue weighted by Crippen LogP contribution is -2.55. The quantitative estimate of drug-likeness (QED) is 0.461. The van der Waals surface area contributed by atoms with Gasteiger partial charge in [-0.1, -0.05) is 54.6 Å². The number of pyridine rings is 1. The van der Waals surface area contributed by atoms with Crippen molar-refractivity contribution in [2.24, 2.45) is 0 Å². The number of hydrogen-bond acceptors (Lipinski definition) is 4. The lowest BCUT2D eigenvalue weighted by molar-refractivity contribution is -0.917. The van der Waals surface area contributed by atoms with Crippen molar-refractivity contribution in [2.75, 3.05) is 26.7 Å². The second-order valence-electron chi connectivity index (χ2n) is 9.65. The van der Waals surface area contributed by atoms with Crippen molar-refractivity contribution in [3.8, 4) is 11.1 Å². The smallest absolute Gasteiger partial charge is 0.348 e. The number of likely N-dealkylation sites (tertiary alicyclic amines) is 1. The Hall–Kier alpha value is -3.02. The number of aromatic nitrogens is 1. The number of piperidine rings is 1. The van der Waals surface area contributed by atoms with Gasteiger partial charge < -0.3 is 14.3 Å². The van der Waals surface area contributed by atoms with E-state index in [1.165, 1.54) is 0 Å². The first-order valence-corrected chi connectivity index (χ1v) is 11.9. The molecule has 1 saturated heterocycles. The number of ether oxygens (including phenoxy) is 1. The summed E-state index contributed by atoms with van der Waals surface area (Å²) in [7, 11) is 2.24. The molecule has 0 radical (unpaired) electrons. The van der Waals surface area contributed by atoms with Gasteiger partial charge >= 0.3 is 5.97 Å². The number of hydrogen-bond donors (Lipinski definition) is 1. The summed E-state index contributed by atoms with van der Waals surface area (Å²) in [6, 6.07) is 21.2. The number of esters is 1. The van der Waals surface area contributed by atoms with E-state index in [0.717, 1.165) is 66.6 Å². The number of benzene rings is 2. The SMILES string of the molecule is C[N@@+]1(CCCc2ccccn2)CCCC(OC(=O)C2(O)c3ccccc3-c3ccccc32)C1. The predicted octanol–water partition coefficient (Wildman–Crippen LogP) is 4.08. The van der Waals surface area contributed by atoms with E-state index in [1.807, 2.05) is 66.9 Å². The summed E-state index contributed by atoms with van der Waals surface area (Å²) in [5.41, 5.74) is 2.37. The van der Waals surface area contributed by atoms with Gasteiger partial charge in [0.15, 0.2) is 6.10 Å². The maximum absolute atomic E-state index is 13.5. The maximum atomic E-state index is 13.5. The Kier molecular flexibility index (Phi) is 5.77. The van der Waals surface area contributed by atoms with Crippen LogP contribution in [0.1, 0.15) is 36.1 Å². The molecule has 2 heterocycles. The first kappa shape index (κ1) is 21.8. The van der Waals surface area contributed by atoms with Gasteiger partial charge in [0.2, 0.25) is 5.60 Å². The zero-order valence-corrected chi connectivity index (χ0v) is 19.1. The van der Waals surface area contributed by atoms with Gasteiger partial charge in [-0.15, -0.1) is 0 Å². The molecule has 170 valence electrons. The van der Waals surface area contributed by atoms with Crippen LogP contribution < -0.4 is 0 Å². The monoisotopic (exact) mass is 443 g/mol. The molecule has 1 aliphatic heterocycles. The molecule has 1 aromatic heterocycles. The van der Waals surface area contributed by atoms with Crippen LogP contribution in [0.2, 0.25) is 0 Å². The lowest BCUT2D eigenvalue weighted by Gasteiger charge is -2.41. The van der Waals surface area contributed by atoms with E-state index in [2.05, 4.69) is 18.1 Å². The molecule has 1 N–H and O–H groups in total. The molecule has 2 aliphatic rings. The van der Waals surface area contributed by atoms with Crippen LogP contribution in [0.5, 0.6) is 0 Å². The highest BCUT2D eigenvalue weighted by Gasteiger charge is 2.50. The second-order valence-corrected chi connectivity index (χ2v) is 9.65. The molecule has 1 fully saturated rings. The highest BCUT2D eigenvalue weighted by Crippen LogP contribution is 2.48. The molecular weight excluding hydrogens is 412 g/mol. The number of carbonyl (C=O) groups is 1. The molecule has 2 aromatic carbocycles. The molecule has 0 spiro atoms. The molecule has 33 heavy (non-hydrogen) atoms. The predicted molar refractivity (Wildman–Crippen MR) is 127 cm³/mol.